The summed E-state index contributed by atoms with van der Waals surface area (Å²) in [6, 6.07) is 25.9. The number of Topliss-reactive ketones (excluding diaryl/α,β-unsaturated/α-hetero) is 1. The number of hydrogen-bond acceptors (Lipinski definition) is 5. The van der Waals surface area contributed by atoms with Crippen molar-refractivity contribution in [1.82, 2.24) is 14.8 Å². The number of benzene rings is 3. The highest BCUT2D eigenvalue weighted by Crippen LogP contribution is 2.29. The zero-order chi connectivity index (χ0) is 29.5. The summed E-state index contributed by atoms with van der Waals surface area (Å²) < 4.78 is 15.4. The van der Waals surface area contributed by atoms with Crippen molar-refractivity contribution < 1.29 is 14.0 Å². The summed E-state index contributed by atoms with van der Waals surface area (Å²) in [6.45, 7) is 7.79. The molecule has 5 rings (SSSR count). The summed E-state index contributed by atoms with van der Waals surface area (Å²) in [6.07, 6.45) is 3.54. The maximum Gasteiger partial charge on any atom is 0.244 e. The first-order valence-electron chi connectivity index (χ1n) is 14.6. The number of amides is 1. The van der Waals surface area contributed by atoms with E-state index in [0.717, 1.165) is 16.7 Å². The minimum absolute atomic E-state index is 0. The lowest BCUT2D eigenvalue weighted by Crippen LogP contribution is -2.52. The molecule has 43 heavy (non-hydrogen) atoms. The molecule has 224 valence electrons. The second kappa shape index (κ2) is 14.9. The number of halogens is 1. The minimum Gasteiger partial charge on any atom is -0.367 e. The summed E-state index contributed by atoms with van der Waals surface area (Å²) in [7, 11) is 0. The number of hydrogen-bond donors (Lipinski definition) is 0. The largest absolute Gasteiger partial charge is 0.367 e. The molecule has 6 nitrogen and oxygen atoms in total. The van der Waals surface area contributed by atoms with Gasteiger partial charge in [-0.15, -0.1) is 0 Å². The summed E-state index contributed by atoms with van der Waals surface area (Å²) in [5.74, 6) is -0.307. The third kappa shape index (κ3) is 7.32. The molecule has 1 fully saturated rings. The number of piperazine rings is 1. The third-order valence-electron chi connectivity index (χ3n) is 8.02. The van der Waals surface area contributed by atoms with Crippen molar-refractivity contribution in [1.29, 1.82) is 0 Å². The molecule has 1 aromatic heterocycles. The quantitative estimate of drug-likeness (QED) is 0.205. The SMILES string of the molecule is CCN(CC)C(=O)[C@H](c1ccccc1)N1CCN(c2ccc(CC(=O)c3ccccc3-c3cccnc3)cc2F)CC1.S. The predicted molar refractivity (Wildman–Crippen MR) is 175 cm³/mol. The number of pyridine rings is 1. The van der Waals surface area contributed by atoms with Gasteiger partial charge < -0.3 is 9.80 Å². The number of anilines is 1. The van der Waals surface area contributed by atoms with E-state index in [1.54, 1.807) is 18.5 Å². The smallest absolute Gasteiger partial charge is 0.244 e. The van der Waals surface area contributed by atoms with Gasteiger partial charge in [-0.2, -0.15) is 13.5 Å². The summed E-state index contributed by atoms with van der Waals surface area (Å²) >= 11 is 0. The number of ketones is 1. The molecule has 0 radical (unpaired) electrons. The molecule has 1 saturated heterocycles. The average molecular weight is 599 g/mol. The van der Waals surface area contributed by atoms with Crippen LogP contribution in [0.4, 0.5) is 10.1 Å². The highest BCUT2D eigenvalue weighted by atomic mass is 32.1. The fraction of sp³-hybridized carbons (Fsp3) is 0.286. The molecule has 1 aliphatic heterocycles. The molecule has 0 saturated carbocycles. The maximum atomic E-state index is 15.4. The van der Waals surface area contributed by atoms with Crippen molar-refractivity contribution in [2.45, 2.75) is 26.3 Å². The molecule has 0 unspecified atom stereocenters. The van der Waals surface area contributed by atoms with E-state index in [0.29, 0.717) is 56.1 Å². The lowest BCUT2D eigenvalue weighted by Gasteiger charge is -2.41. The first kappa shape index (κ1) is 31.9. The Morgan fingerprint density at radius 2 is 1.58 bits per heavy atom. The lowest BCUT2D eigenvalue weighted by atomic mass is 9.95. The van der Waals surface area contributed by atoms with Crippen molar-refractivity contribution in [3.8, 4) is 11.1 Å². The van der Waals surface area contributed by atoms with E-state index in [1.807, 2.05) is 96.4 Å². The molecule has 1 aliphatic rings. The monoisotopic (exact) mass is 598 g/mol. The van der Waals surface area contributed by atoms with E-state index in [9.17, 15) is 9.59 Å². The zero-order valence-corrected chi connectivity index (χ0v) is 25.7. The molecule has 4 aromatic rings. The normalized spacial score (nSPS) is 14.1. The van der Waals surface area contributed by atoms with Gasteiger partial charge in [-0.05, 0) is 48.7 Å². The Kier molecular flexibility index (Phi) is 11.1. The Hall–Kier alpha value is -4.01. The van der Waals surface area contributed by atoms with Gasteiger partial charge in [-0.1, -0.05) is 66.7 Å². The van der Waals surface area contributed by atoms with Crippen LogP contribution in [0.1, 0.15) is 41.4 Å². The second-order valence-electron chi connectivity index (χ2n) is 10.5. The second-order valence-corrected chi connectivity index (χ2v) is 10.5. The van der Waals surface area contributed by atoms with Crippen molar-refractivity contribution in [2.75, 3.05) is 44.2 Å². The van der Waals surface area contributed by atoms with Crippen LogP contribution in [0.25, 0.3) is 11.1 Å². The van der Waals surface area contributed by atoms with Gasteiger partial charge in [-0.25, -0.2) is 4.39 Å². The van der Waals surface area contributed by atoms with E-state index in [2.05, 4.69) is 9.88 Å². The summed E-state index contributed by atoms with van der Waals surface area (Å²) in [5, 5.41) is 0. The van der Waals surface area contributed by atoms with Crippen LogP contribution >= 0.6 is 13.5 Å². The van der Waals surface area contributed by atoms with Crippen LogP contribution in [0.2, 0.25) is 0 Å². The van der Waals surface area contributed by atoms with E-state index >= 15 is 4.39 Å². The van der Waals surface area contributed by atoms with Crippen LogP contribution < -0.4 is 4.90 Å². The Labute approximate surface area is 260 Å². The third-order valence-corrected chi connectivity index (χ3v) is 8.02. The molecule has 0 bridgehead atoms. The summed E-state index contributed by atoms with van der Waals surface area (Å²) in [5.41, 5.74) is 4.42. The molecular formula is C35H39FN4O2S. The van der Waals surface area contributed by atoms with E-state index in [4.69, 9.17) is 0 Å². The van der Waals surface area contributed by atoms with Crippen molar-refractivity contribution in [3.63, 3.8) is 0 Å². The Bertz CT molecular complexity index is 1510. The van der Waals surface area contributed by atoms with Gasteiger partial charge in [-0.3, -0.25) is 19.5 Å². The molecule has 0 aliphatic carbocycles. The topological polar surface area (TPSA) is 56.8 Å². The van der Waals surface area contributed by atoms with Crippen LogP contribution in [0, 0.1) is 5.82 Å². The highest BCUT2D eigenvalue weighted by Gasteiger charge is 2.33. The average Bonchev–Trinajstić information content (AvgIpc) is 3.03. The zero-order valence-electron chi connectivity index (χ0n) is 24.7. The fourth-order valence-corrected chi connectivity index (χ4v) is 5.77. The molecule has 1 atom stereocenters. The van der Waals surface area contributed by atoms with Crippen molar-refractivity contribution in [3.05, 3.63) is 120 Å². The van der Waals surface area contributed by atoms with E-state index in [-0.39, 0.29) is 43.5 Å². The Balaban J connectivity index is 0.00000423. The first-order chi connectivity index (χ1) is 20.5. The van der Waals surface area contributed by atoms with Crippen molar-refractivity contribution >= 4 is 30.9 Å². The molecular weight excluding hydrogens is 559 g/mol. The van der Waals surface area contributed by atoms with Crippen LogP contribution in [0.15, 0.2) is 97.3 Å². The highest BCUT2D eigenvalue weighted by molar-refractivity contribution is 7.59. The first-order valence-corrected chi connectivity index (χ1v) is 14.6. The number of likely N-dealkylation sites (N-methyl/N-ethyl adjacent to an activating group) is 1. The predicted octanol–water partition coefficient (Wildman–Crippen LogP) is 6.16. The van der Waals surface area contributed by atoms with Crippen LogP contribution in [-0.2, 0) is 11.2 Å². The summed E-state index contributed by atoms with van der Waals surface area (Å²) in [4.78, 5) is 37.1. The number of aromatic nitrogens is 1. The van der Waals surface area contributed by atoms with Gasteiger partial charge in [0.2, 0.25) is 5.91 Å². The fourth-order valence-electron chi connectivity index (χ4n) is 5.77. The molecule has 8 heteroatoms. The maximum absolute atomic E-state index is 15.4. The van der Waals surface area contributed by atoms with Crippen LogP contribution in [0.5, 0.6) is 0 Å². The Morgan fingerprint density at radius 1 is 0.884 bits per heavy atom. The van der Waals surface area contributed by atoms with Gasteiger partial charge in [0.1, 0.15) is 11.9 Å². The molecule has 1 amide bonds. The van der Waals surface area contributed by atoms with Gasteiger partial charge in [0.15, 0.2) is 5.78 Å². The Morgan fingerprint density at radius 3 is 2.23 bits per heavy atom. The number of nitrogens with zero attached hydrogens (tertiary/aromatic N) is 4. The lowest BCUT2D eigenvalue weighted by molar-refractivity contribution is -0.137. The van der Waals surface area contributed by atoms with Gasteiger partial charge in [0, 0.05) is 69.2 Å². The molecule has 2 heterocycles. The van der Waals surface area contributed by atoms with E-state index < -0.39 is 0 Å². The standard InChI is InChI=1S/C35H37FN4O2.H2S/c1-3-38(4-2)35(42)34(27-11-6-5-7-12-27)40-21-19-39(20-22-40)32-17-16-26(23-31(32)36)24-33(41)30-15-9-8-14-29(30)28-13-10-18-37-25-28;/h5-18,23,25,34H,3-4,19-22,24H2,1-2H3;1H2/t34-;/m0./s1. The number of carbonyl (C=O) groups excluding carboxylic acids is 2. The van der Waals surface area contributed by atoms with Gasteiger partial charge >= 0.3 is 0 Å². The van der Waals surface area contributed by atoms with Gasteiger partial charge in [0.05, 0.1) is 5.69 Å². The van der Waals surface area contributed by atoms with E-state index in [1.165, 1.54) is 6.07 Å². The van der Waals surface area contributed by atoms with Crippen LogP contribution in [0.3, 0.4) is 0 Å². The number of rotatable bonds is 10. The molecule has 0 spiro atoms. The molecule has 3 aromatic carbocycles. The van der Waals surface area contributed by atoms with Gasteiger partial charge in [0.25, 0.3) is 0 Å². The molecule has 0 N–H and O–H groups in total. The number of carbonyl (C=O) groups is 2. The van der Waals surface area contributed by atoms with Crippen LogP contribution in [-0.4, -0.2) is 65.7 Å². The minimum atomic E-state index is -0.360. The van der Waals surface area contributed by atoms with Crippen molar-refractivity contribution in [2.24, 2.45) is 0 Å².